The van der Waals surface area contributed by atoms with Crippen molar-refractivity contribution in [3.05, 3.63) is 70.6 Å². The number of ether oxygens (including phenoxy) is 1. The molecular weight excluding hydrogens is 460 g/mol. The second-order valence-corrected chi connectivity index (χ2v) is 9.19. The van der Waals surface area contributed by atoms with Gasteiger partial charge in [0, 0.05) is 38.3 Å². The predicted octanol–water partition coefficient (Wildman–Crippen LogP) is 4.77. The summed E-state index contributed by atoms with van der Waals surface area (Å²) in [4.78, 5) is 14.3. The number of rotatable bonds is 8. The second kappa shape index (κ2) is 10.5. The molecule has 0 saturated carbocycles. The minimum atomic E-state index is 0.157. The highest BCUT2D eigenvalue weighted by molar-refractivity contribution is 7.71. The van der Waals surface area contributed by atoms with Gasteiger partial charge < -0.3 is 14.1 Å². The minimum Gasteiger partial charge on any atom is -0.467 e. The average molecular weight is 491 g/mol. The molecule has 0 spiro atoms. The van der Waals surface area contributed by atoms with E-state index in [-0.39, 0.29) is 6.61 Å². The van der Waals surface area contributed by atoms with E-state index in [1.165, 1.54) is 11.3 Å². The van der Waals surface area contributed by atoms with Crippen molar-refractivity contribution in [3.63, 3.8) is 0 Å². The van der Waals surface area contributed by atoms with E-state index < -0.39 is 0 Å². The molecule has 0 amide bonds. The zero-order valence-electron chi connectivity index (χ0n) is 20.2. The van der Waals surface area contributed by atoms with Crippen molar-refractivity contribution < 1.29 is 9.15 Å². The lowest BCUT2D eigenvalue weighted by atomic mass is 10.2. The molecule has 0 unspecified atom stereocenters. The number of piperazine rings is 1. The maximum Gasteiger partial charge on any atom is 0.288 e. The number of anilines is 1. The van der Waals surface area contributed by atoms with Crippen LogP contribution in [0.4, 0.5) is 5.69 Å². The number of nitrogens with zero attached hydrogens (tertiary/aromatic N) is 6. The Hall–Kier alpha value is -3.30. The van der Waals surface area contributed by atoms with Gasteiger partial charge in [0.25, 0.3) is 10.7 Å². The maximum atomic E-state index is 6.03. The van der Waals surface area contributed by atoms with Gasteiger partial charge in [0.2, 0.25) is 5.88 Å². The minimum absolute atomic E-state index is 0.157. The lowest BCUT2D eigenvalue weighted by Crippen LogP contribution is -2.46. The summed E-state index contributed by atoms with van der Waals surface area (Å²) in [6.07, 6.45) is 1.77. The molecule has 0 radical (unpaired) electrons. The Bertz CT molecular complexity index is 1340. The Morgan fingerprint density at radius 1 is 1.00 bits per heavy atom. The van der Waals surface area contributed by atoms with E-state index in [1.54, 1.807) is 4.68 Å². The van der Waals surface area contributed by atoms with Gasteiger partial charge in [-0.1, -0.05) is 36.8 Å². The first-order valence-electron chi connectivity index (χ1n) is 12.1. The summed E-state index contributed by atoms with van der Waals surface area (Å²) < 4.78 is 13.5. The monoisotopic (exact) mass is 490 g/mol. The normalized spacial score (nSPS) is 14.5. The topological polar surface area (TPSA) is 72.5 Å². The van der Waals surface area contributed by atoms with Crippen molar-refractivity contribution in [2.24, 2.45) is 0 Å². The Morgan fingerprint density at radius 3 is 2.54 bits per heavy atom. The lowest BCUT2D eigenvalue weighted by Gasteiger charge is -2.35. The summed E-state index contributed by atoms with van der Waals surface area (Å²) in [6, 6.07) is 16.6. The number of aromatic nitrogens is 4. The highest BCUT2D eigenvalue weighted by atomic mass is 32.1. The number of hydrogen-bond acceptors (Lipinski definition) is 8. The van der Waals surface area contributed by atoms with Crippen LogP contribution in [0.1, 0.15) is 30.6 Å². The Morgan fingerprint density at radius 2 is 1.77 bits per heavy atom. The zero-order valence-corrected chi connectivity index (χ0v) is 21.0. The van der Waals surface area contributed by atoms with Gasteiger partial charge in [0.1, 0.15) is 5.82 Å². The molecule has 9 heteroatoms. The first-order valence-corrected chi connectivity index (χ1v) is 12.5. The fourth-order valence-corrected chi connectivity index (χ4v) is 4.45. The van der Waals surface area contributed by atoms with Gasteiger partial charge in [0.15, 0.2) is 6.61 Å². The molecule has 3 heterocycles. The molecule has 35 heavy (non-hydrogen) atoms. The number of para-hydroxylation sites is 1. The zero-order chi connectivity index (χ0) is 24.2. The first-order chi connectivity index (χ1) is 17.1. The number of benzene rings is 2. The van der Waals surface area contributed by atoms with E-state index in [2.05, 4.69) is 63.0 Å². The number of aryl methyl sites for hydroxylation is 2. The van der Waals surface area contributed by atoms with Gasteiger partial charge in [-0.2, -0.15) is 4.98 Å². The van der Waals surface area contributed by atoms with Gasteiger partial charge in [-0.3, -0.25) is 4.90 Å². The predicted molar refractivity (Wildman–Crippen MR) is 138 cm³/mol. The van der Waals surface area contributed by atoms with E-state index in [4.69, 9.17) is 21.4 Å². The first kappa shape index (κ1) is 23.4. The summed E-state index contributed by atoms with van der Waals surface area (Å²) >= 11 is 5.43. The summed E-state index contributed by atoms with van der Waals surface area (Å²) in [5.74, 6) is 1.76. The van der Waals surface area contributed by atoms with Crippen LogP contribution in [0.5, 0.6) is 5.88 Å². The van der Waals surface area contributed by atoms with Gasteiger partial charge >= 0.3 is 0 Å². The Kier molecular flexibility index (Phi) is 7.06. The van der Waals surface area contributed by atoms with Gasteiger partial charge in [-0.05, 0) is 49.8 Å². The third-order valence-electron chi connectivity index (χ3n) is 6.17. The molecule has 0 atom stereocenters. The molecule has 0 aliphatic carbocycles. The molecule has 2 aromatic carbocycles. The summed E-state index contributed by atoms with van der Waals surface area (Å²) in [6.45, 7) is 8.77. The van der Waals surface area contributed by atoms with Crippen LogP contribution in [0.15, 0.2) is 52.9 Å². The van der Waals surface area contributed by atoms with E-state index in [0.29, 0.717) is 23.3 Å². The highest BCUT2D eigenvalue weighted by Gasteiger charge is 2.19. The van der Waals surface area contributed by atoms with Crippen molar-refractivity contribution in [1.29, 1.82) is 0 Å². The summed E-state index contributed by atoms with van der Waals surface area (Å²) in [5, 5.41) is 5.44. The van der Waals surface area contributed by atoms with E-state index in [9.17, 15) is 0 Å². The van der Waals surface area contributed by atoms with E-state index >= 15 is 0 Å². The molecule has 182 valence electrons. The largest absolute Gasteiger partial charge is 0.467 e. The standard InChI is InChI=1S/C26H30N6O2S/c1-3-6-23-27-22-8-5-4-7-21(22)25(28-23)33-17-24-29-32(26(35)34-24)18-30-13-15-31(16-14-30)20-11-9-19(2)10-12-20/h4-5,7-12H,3,6,13-18H2,1-2H3. The molecule has 1 fully saturated rings. The van der Waals surface area contributed by atoms with Gasteiger partial charge in [-0.15, -0.1) is 5.10 Å². The summed E-state index contributed by atoms with van der Waals surface area (Å²) in [5.41, 5.74) is 3.42. The van der Waals surface area contributed by atoms with Crippen LogP contribution in [-0.2, 0) is 19.7 Å². The fourth-order valence-electron chi connectivity index (χ4n) is 4.26. The molecular formula is C26H30N6O2S. The SMILES string of the molecule is CCCc1nc(OCc2nn(CN3CCN(c4ccc(C)cc4)CC3)c(=S)o2)c2ccccc2n1. The lowest BCUT2D eigenvalue weighted by molar-refractivity contribution is 0.192. The Balaban J connectivity index is 1.21. The van der Waals surface area contributed by atoms with Crippen LogP contribution in [0.3, 0.4) is 0 Å². The molecule has 1 saturated heterocycles. The van der Waals surface area contributed by atoms with Crippen LogP contribution in [0.25, 0.3) is 10.9 Å². The van der Waals surface area contributed by atoms with Crippen molar-refractivity contribution in [3.8, 4) is 5.88 Å². The molecule has 1 aliphatic heterocycles. The maximum absolute atomic E-state index is 6.03. The average Bonchev–Trinajstić information content (AvgIpc) is 3.22. The second-order valence-electron chi connectivity index (χ2n) is 8.84. The molecule has 1 aliphatic rings. The summed E-state index contributed by atoms with van der Waals surface area (Å²) in [7, 11) is 0. The fraction of sp³-hybridized carbons (Fsp3) is 0.385. The molecule has 0 bridgehead atoms. The number of fused-ring (bicyclic) bond motifs is 1. The van der Waals surface area contributed by atoms with Crippen LogP contribution in [-0.4, -0.2) is 50.8 Å². The van der Waals surface area contributed by atoms with E-state index in [0.717, 1.165) is 55.7 Å². The van der Waals surface area contributed by atoms with Crippen LogP contribution < -0.4 is 9.64 Å². The van der Waals surface area contributed by atoms with Crippen LogP contribution in [0.2, 0.25) is 0 Å². The van der Waals surface area contributed by atoms with Crippen LogP contribution in [0, 0.1) is 11.8 Å². The Labute approximate surface area is 210 Å². The van der Waals surface area contributed by atoms with Crippen molar-refractivity contribution in [1.82, 2.24) is 24.6 Å². The molecule has 2 aromatic heterocycles. The van der Waals surface area contributed by atoms with E-state index in [1.807, 2.05) is 24.3 Å². The molecule has 5 rings (SSSR count). The highest BCUT2D eigenvalue weighted by Crippen LogP contribution is 2.23. The molecule has 0 N–H and O–H groups in total. The van der Waals surface area contributed by atoms with Crippen molar-refractivity contribution in [2.45, 2.75) is 40.0 Å². The number of hydrogen-bond donors (Lipinski definition) is 0. The van der Waals surface area contributed by atoms with Crippen molar-refractivity contribution in [2.75, 3.05) is 31.1 Å². The molecule has 8 nitrogen and oxygen atoms in total. The van der Waals surface area contributed by atoms with Crippen LogP contribution >= 0.6 is 12.2 Å². The third kappa shape index (κ3) is 5.52. The van der Waals surface area contributed by atoms with Gasteiger partial charge in [-0.25, -0.2) is 9.67 Å². The molecule has 4 aromatic rings. The third-order valence-corrected chi connectivity index (χ3v) is 6.47. The smallest absolute Gasteiger partial charge is 0.288 e. The van der Waals surface area contributed by atoms with Crippen molar-refractivity contribution >= 4 is 28.8 Å². The quantitative estimate of drug-likeness (QED) is 0.327. The van der Waals surface area contributed by atoms with Gasteiger partial charge in [0.05, 0.1) is 17.6 Å².